The lowest BCUT2D eigenvalue weighted by molar-refractivity contribution is -0.135. The van der Waals surface area contributed by atoms with E-state index in [9.17, 15) is 4.79 Å². The Kier molecular flexibility index (Phi) is 6.27. The molecule has 0 aliphatic carbocycles. The van der Waals surface area contributed by atoms with Crippen molar-refractivity contribution in [2.45, 2.75) is 45.6 Å². The van der Waals surface area contributed by atoms with Gasteiger partial charge in [-0.3, -0.25) is 4.79 Å². The number of aromatic nitrogens is 2. The van der Waals surface area contributed by atoms with Gasteiger partial charge >= 0.3 is 0 Å². The Morgan fingerprint density at radius 3 is 2.41 bits per heavy atom. The topological polar surface area (TPSA) is 64.5 Å². The van der Waals surface area contributed by atoms with E-state index >= 15 is 0 Å². The maximum atomic E-state index is 12.4. The van der Waals surface area contributed by atoms with E-state index in [1.165, 1.54) is 5.56 Å². The van der Waals surface area contributed by atoms with Crippen LogP contribution in [0.2, 0.25) is 0 Å². The molecule has 1 aromatic heterocycles. The molecule has 2 aromatic rings. The number of hydrogen-bond donors (Lipinski definition) is 0. The van der Waals surface area contributed by atoms with Crippen LogP contribution < -0.4 is 9.47 Å². The fourth-order valence-electron chi connectivity index (χ4n) is 3.03. The number of piperidine rings is 1. The summed E-state index contributed by atoms with van der Waals surface area (Å²) in [5.41, 5.74) is 2.12. The molecule has 0 N–H and O–H groups in total. The highest BCUT2D eigenvalue weighted by atomic mass is 16.5. The molecule has 1 aliphatic heterocycles. The molecule has 0 radical (unpaired) electrons. The fraction of sp³-hybridized carbons (Fsp3) is 0.476. The van der Waals surface area contributed by atoms with Crippen LogP contribution in [0.15, 0.2) is 36.4 Å². The van der Waals surface area contributed by atoms with E-state index in [0.29, 0.717) is 24.9 Å². The number of likely N-dealkylation sites (tertiary alicyclic amines) is 1. The second kappa shape index (κ2) is 8.84. The molecule has 6 heteroatoms. The van der Waals surface area contributed by atoms with Crippen molar-refractivity contribution in [3.8, 4) is 11.6 Å². The van der Waals surface area contributed by atoms with E-state index in [2.05, 4.69) is 24.0 Å². The lowest BCUT2D eigenvalue weighted by Crippen LogP contribution is -2.43. The number of aryl methyl sites for hydroxylation is 1. The van der Waals surface area contributed by atoms with Gasteiger partial charge in [-0.15, -0.1) is 5.10 Å². The highest BCUT2D eigenvalue weighted by Gasteiger charge is 2.24. The van der Waals surface area contributed by atoms with Gasteiger partial charge in [-0.1, -0.05) is 26.0 Å². The molecule has 1 aromatic carbocycles. The minimum Gasteiger partial charge on any atom is -0.484 e. The maximum Gasteiger partial charge on any atom is 0.260 e. The molecule has 0 saturated carbocycles. The van der Waals surface area contributed by atoms with Crippen molar-refractivity contribution in [2.75, 3.05) is 19.7 Å². The van der Waals surface area contributed by atoms with Gasteiger partial charge in [-0.25, -0.2) is 0 Å². The van der Waals surface area contributed by atoms with Crippen molar-refractivity contribution in [2.24, 2.45) is 0 Å². The van der Waals surface area contributed by atoms with E-state index in [0.717, 1.165) is 24.3 Å². The number of carbonyl (C=O) groups excluding carboxylic acids is 1. The smallest absolute Gasteiger partial charge is 0.260 e. The second-order valence-electron chi connectivity index (χ2n) is 7.22. The number of ether oxygens (including phenoxy) is 2. The quantitative estimate of drug-likeness (QED) is 0.781. The average molecular weight is 369 g/mol. The Morgan fingerprint density at radius 1 is 1.11 bits per heavy atom. The minimum absolute atomic E-state index is 0.0107. The summed E-state index contributed by atoms with van der Waals surface area (Å²) in [6.07, 6.45) is 1.63. The first-order valence-corrected chi connectivity index (χ1v) is 9.49. The molecule has 6 nitrogen and oxygen atoms in total. The summed E-state index contributed by atoms with van der Waals surface area (Å²) in [5, 5.41) is 8.03. The zero-order chi connectivity index (χ0) is 19.2. The second-order valence-corrected chi connectivity index (χ2v) is 7.22. The summed E-state index contributed by atoms with van der Waals surface area (Å²) in [5.74, 6) is 1.76. The molecule has 2 heterocycles. The van der Waals surface area contributed by atoms with Gasteiger partial charge in [0.1, 0.15) is 11.9 Å². The first-order valence-electron chi connectivity index (χ1n) is 9.49. The normalized spacial score (nSPS) is 15.0. The molecule has 0 bridgehead atoms. The summed E-state index contributed by atoms with van der Waals surface area (Å²) < 4.78 is 11.5. The highest BCUT2D eigenvalue weighted by Crippen LogP contribution is 2.20. The van der Waals surface area contributed by atoms with Crippen LogP contribution in [0.3, 0.4) is 0 Å². The predicted octanol–water partition coefficient (Wildman–Crippen LogP) is 3.36. The fourth-order valence-corrected chi connectivity index (χ4v) is 3.03. The van der Waals surface area contributed by atoms with E-state index in [4.69, 9.17) is 9.47 Å². The van der Waals surface area contributed by atoms with Gasteiger partial charge < -0.3 is 14.4 Å². The summed E-state index contributed by atoms with van der Waals surface area (Å²) in [6.45, 7) is 7.59. The van der Waals surface area contributed by atoms with Gasteiger partial charge in [-0.2, -0.15) is 5.10 Å². The minimum atomic E-state index is 0.0107. The van der Waals surface area contributed by atoms with E-state index in [-0.39, 0.29) is 18.6 Å². The third kappa shape index (κ3) is 5.42. The maximum absolute atomic E-state index is 12.4. The molecule has 3 rings (SSSR count). The molecular weight excluding hydrogens is 342 g/mol. The van der Waals surface area contributed by atoms with Gasteiger partial charge in [0.15, 0.2) is 6.61 Å². The average Bonchev–Trinajstić information content (AvgIpc) is 2.69. The van der Waals surface area contributed by atoms with Gasteiger partial charge in [-0.05, 0) is 36.6 Å². The predicted molar refractivity (Wildman–Crippen MR) is 103 cm³/mol. The van der Waals surface area contributed by atoms with Crippen LogP contribution in [-0.4, -0.2) is 46.8 Å². The van der Waals surface area contributed by atoms with Crippen molar-refractivity contribution < 1.29 is 14.3 Å². The van der Waals surface area contributed by atoms with Crippen LogP contribution in [0.4, 0.5) is 0 Å². The Morgan fingerprint density at radius 2 is 1.81 bits per heavy atom. The summed E-state index contributed by atoms with van der Waals surface area (Å²) in [4.78, 5) is 14.2. The number of nitrogens with zero attached hydrogens (tertiary/aromatic N) is 3. The standard InChI is InChI=1S/C21H27N3O3/c1-15(2)17-5-7-18(8-6-17)26-14-21(25)24-12-10-19(11-13-24)27-20-9-4-16(3)22-23-20/h4-9,15,19H,10-14H2,1-3H3. The SMILES string of the molecule is Cc1ccc(OC2CCN(C(=O)COc3ccc(C(C)C)cc3)CC2)nn1. The van der Waals surface area contributed by atoms with E-state index in [1.807, 2.05) is 48.2 Å². The first-order chi connectivity index (χ1) is 13.0. The largest absolute Gasteiger partial charge is 0.484 e. The van der Waals surface area contributed by atoms with Crippen molar-refractivity contribution in [3.63, 3.8) is 0 Å². The Labute approximate surface area is 160 Å². The zero-order valence-electron chi connectivity index (χ0n) is 16.2. The monoisotopic (exact) mass is 369 g/mol. The molecular formula is C21H27N3O3. The third-order valence-corrected chi connectivity index (χ3v) is 4.76. The lowest BCUT2D eigenvalue weighted by Gasteiger charge is -2.31. The lowest BCUT2D eigenvalue weighted by atomic mass is 10.0. The summed E-state index contributed by atoms with van der Waals surface area (Å²) in [7, 11) is 0. The molecule has 1 aliphatic rings. The van der Waals surface area contributed by atoms with Crippen LogP contribution in [0.1, 0.15) is 43.9 Å². The van der Waals surface area contributed by atoms with E-state index < -0.39 is 0 Å². The molecule has 1 saturated heterocycles. The first kappa shape index (κ1) is 19.1. The van der Waals surface area contributed by atoms with Gasteiger partial charge in [0, 0.05) is 32.0 Å². The van der Waals surface area contributed by atoms with Crippen LogP contribution >= 0.6 is 0 Å². The number of carbonyl (C=O) groups is 1. The third-order valence-electron chi connectivity index (χ3n) is 4.76. The van der Waals surface area contributed by atoms with Crippen LogP contribution in [-0.2, 0) is 4.79 Å². The number of amides is 1. The molecule has 0 unspecified atom stereocenters. The van der Waals surface area contributed by atoms with Crippen LogP contribution in [0.5, 0.6) is 11.6 Å². The number of benzene rings is 1. The molecule has 0 spiro atoms. The van der Waals surface area contributed by atoms with Crippen LogP contribution in [0.25, 0.3) is 0 Å². The van der Waals surface area contributed by atoms with Gasteiger partial charge in [0.25, 0.3) is 5.91 Å². The molecule has 0 atom stereocenters. The Bertz CT molecular complexity index is 736. The van der Waals surface area contributed by atoms with Gasteiger partial charge in [0.05, 0.1) is 5.69 Å². The molecule has 1 fully saturated rings. The summed E-state index contributed by atoms with van der Waals surface area (Å²) >= 11 is 0. The van der Waals surface area contributed by atoms with Crippen molar-refractivity contribution in [1.82, 2.24) is 15.1 Å². The Hall–Kier alpha value is -2.63. The van der Waals surface area contributed by atoms with Crippen molar-refractivity contribution >= 4 is 5.91 Å². The van der Waals surface area contributed by atoms with E-state index in [1.54, 1.807) is 0 Å². The Balaban J connectivity index is 1.42. The number of hydrogen-bond acceptors (Lipinski definition) is 5. The zero-order valence-corrected chi connectivity index (χ0v) is 16.2. The van der Waals surface area contributed by atoms with Crippen molar-refractivity contribution in [3.05, 3.63) is 47.7 Å². The number of rotatable bonds is 6. The summed E-state index contributed by atoms with van der Waals surface area (Å²) in [6, 6.07) is 11.6. The van der Waals surface area contributed by atoms with Gasteiger partial charge in [0.2, 0.25) is 5.88 Å². The highest BCUT2D eigenvalue weighted by molar-refractivity contribution is 5.77. The van der Waals surface area contributed by atoms with Crippen molar-refractivity contribution in [1.29, 1.82) is 0 Å². The molecule has 1 amide bonds. The van der Waals surface area contributed by atoms with Crippen LogP contribution in [0, 0.1) is 6.92 Å². The molecule has 27 heavy (non-hydrogen) atoms. The molecule has 144 valence electrons.